The molecule has 0 spiro atoms. The molecule has 1 aliphatic heterocycles. The number of benzene rings is 1. The van der Waals surface area contributed by atoms with Crippen LogP contribution >= 0.6 is 0 Å². The van der Waals surface area contributed by atoms with Gasteiger partial charge in [-0.2, -0.15) is 8.42 Å². The van der Waals surface area contributed by atoms with E-state index in [0.717, 1.165) is 24.9 Å². The normalized spacial score (nSPS) is 20.4. The number of nitrogens with zero attached hydrogens (tertiary/aromatic N) is 1. The Bertz CT molecular complexity index is 559. The number of piperidine rings is 1. The summed E-state index contributed by atoms with van der Waals surface area (Å²) >= 11 is 0. The van der Waals surface area contributed by atoms with Crippen molar-refractivity contribution >= 4 is 17.2 Å². The maximum absolute atomic E-state index is 12.1. The molecule has 0 unspecified atom stereocenters. The van der Waals surface area contributed by atoms with Gasteiger partial charge in [0, 0.05) is 0 Å². The first kappa shape index (κ1) is 16.5. The van der Waals surface area contributed by atoms with E-state index in [0.29, 0.717) is 6.54 Å². The van der Waals surface area contributed by atoms with Crippen molar-refractivity contribution in [2.75, 3.05) is 19.7 Å². The average Bonchev–Trinajstić information content (AvgIpc) is 2.46. The molecule has 5 nitrogen and oxygen atoms in total. The summed E-state index contributed by atoms with van der Waals surface area (Å²) in [7, 11) is -4.19. The summed E-state index contributed by atoms with van der Waals surface area (Å²) in [6.07, 6.45) is 1.87. The van der Waals surface area contributed by atoms with Crippen LogP contribution in [0.2, 0.25) is 6.82 Å². The van der Waals surface area contributed by atoms with Crippen LogP contribution in [-0.4, -0.2) is 45.0 Å². The summed E-state index contributed by atoms with van der Waals surface area (Å²) in [5.41, 5.74) is 1.01. The van der Waals surface area contributed by atoms with Gasteiger partial charge >= 0.3 is 7.05 Å². The van der Waals surface area contributed by atoms with E-state index in [2.05, 4.69) is 0 Å². The number of aryl methyl sites for hydroxylation is 1. The van der Waals surface area contributed by atoms with E-state index in [1.54, 1.807) is 31.1 Å². The molecule has 0 aromatic heterocycles. The first-order chi connectivity index (χ1) is 9.88. The average molecular weight is 311 g/mol. The van der Waals surface area contributed by atoms with Gasteiger partial charge in [-0.15, -0.1) is 0 Å². The van der Waals surface area contributed by atoms with Crippen molar-refractivity contribution in [3.8, 4) is 0 Å². The van der Waals surface area contributed by atoms with Gasteiger partial charge < -0.3 is 9.83 Å². The van der Waals surface area contributed by atoms with E-state index in [4.69, 9.17) is 4.18 Å². The van der Waals surface area contributed by atoms with Crippen LogP contribution in [0.25, 0.3) is 0 Å². The first-order valence-corrected chi connectivity index (χ1v) is 8.67. The maximum atomic E-state index is 12.1. The second kappa shape index (κ2) is 6.92. The molecular weight excluding hydrogens is 289 g/mol. The summed E-state index contributed by atoms with van der Waals surface area (Å²) in [5.74, 6) is 0.133. The van der Waals surface area contributed by atoms with E-state index in [1.165, 1.54) is 0 Å². The molecule has 1 heterocycles. The fourth-order valence-electron chi connectivity index (χ4n) is 2.53. The first-order valence-electron chi connectivity index (χ1n) is 7.27. The molecule has 1 aliphatic rings. The molecule has 0 aliphatic carbocycles. The van der Waals surface area contributed by atoms with Crippen LogP contribution in [0.15, 0.2) is 29.2 Å². The van der Waals surface area contributed by atoms with Crippen LogP contribution in [0.3, 0.4) is 0 Å². The van der Waals surface area contributed by atoms with Crippen LogP contribution in [0.4, 0.5) is 0 Å². The molecule has 1 saturated heterocycles. The van der Waals surface area contributed by atoms with Gasteiger partial charge in [0.05, 0.1) is 11.5 Å². The minimum atomic E-state index is -3.70. The Hall–Kier alpha value is -0.885. The third-order valence-electron chi connectivity index (χ3n) is 3.85. The lowest BCUT2D eigenvalue weighted by molar-refractivity contribution is 0.174. The Balaban J connectivity index is 1.94. The zero-order valence-corrected chi connectivity index (χ0v) is 13.3. The molecule has 1 atom stereocenters. The predicted octanol–water partition coefficient (Wildman–Crippen LogP) is 1.52. The van der Waals surface area contributed by atoms with E-state index in [-0.39, 0.29) is 17.4 Å². The summed E-state index contributed by atoms with van der Waals surface area (Å²) in [6, 6.07) is 6.64. The lowest BCUT2D eigenvalue weighted by atomic mass is 9.81. The molecule has 0 bridgehead atoms. The fourth-order valence-corrected chi connectivity index (χ4v) is 3.51. The van der Waals surface area contributed by atoms with Crippen LogP contribution in [0, 0.1) is 12.8 Å². The molecule has 1 fully saturated rings. The van der Waals surface area contributed by atoms with Gasteiger partial charge in [0.1, 0.15) is 0 Å². The van der Waals surface area contributed by atoms with Crippen molar-refractivity contribution in [1.29, 1.82) is 0 Å². The van der Waals surface area contributed by atoms with Crippen LogP contribution in [0.1, 0.15) is 18.4 Å². The van der Waals surface area contributed by atoms with Crippen molar-refractivity contribution in [2.24, 2.45) is 5.92 Å². The molecule has 1 aromatic carbocycles. The highest BCUT2D eigenvalue weighted by atomic mass is 32.2. The minimum absolute atomic E-state index is 0.133. The van der Waals surface area contributed by atoms with Gasteiger partial charge in [0.2, 0.25) is 0 Å². The second-order valence-electron chi connectivity index (χ2n) is 5.69. The summed E-state index contributed by atoms with van der Waals surface area (Å²) < 4.78 is 29.4. The second-order valence-corrected chi connectivity index (χ2v) is 7.30. The van der Waals surface area contributed by atoms with E-state index >= 15 is 0 Å². The summed E-state index contributed by atoms with van der Waals surface area (Å²) in [5, 5.41) is 9.59. The summed E-state index contributed by atoms with van der Waals surface area (Å²) in [4.78, 5) is 2.13. The van der Waals surface area contributed by atoms with Gasteiger partial charge in [0.15, 0.2) is 0 Å². The standard InChI is InChI=1S/C14H22BNO4S/c1-12-5-7-14(8-6-12)21(18,19)20-11-13-4-3-9-16(10-13)15(2)17/h5-8,13,17H,3-4,9-11H2,1-2H3/t13-/m0/s1. The Labute approximate surface area is 127 Å². The zero-order chi connectivity index (χ0) is 15.5. The van der Waals surface area contributed by atoms with Crippen molar-refractivity contribution in [3.63, 3.8) is 0 Å². The lowest BCUT2D eigenvalue weighted by Crippen LogP contribution is -2.45. The molecular formula is C14H22BNO4S. The highest BCUT2D eigenvalue weighted by Gasteiger charge is 2.26. The highest BCUT2D eigenvalue weighted by Crippen LogP contribution is 2.20. The lowest BCUT2D eigenvalue weighted by Gasteiger charge is -2.33. The monoisotopic (exact) mass is 311 g/mol. The van der Waals surface area contributed by atoms with Gasteiger partial charge in [-0.05, 0) is 57.7 Å². The number of hydrogen-bond acceptors (Lipinski definition) is 5. The third-order valence-corrected chi connectivity index (χ3v) is 5.14. The van der Waals surface area contributed by atoms with E-state index in [1.807, 2.05) is 11.7 Å². The largest absolute Gasteiger partial charge is 0.437 e. The SMILES string of the molecule is CB(O)N1CCC[C@H](COS(=O)(=O)c2ccc(C)cc2)C1. The molecule has 116 valence electrons. The molecule has 1 aromatic rings. The maximum Gasteiger partial charge on any atom is 0.376 e. The van der Waals surface area contributed by atoms with Crippen LogP contribution in [-0.2, 0) is 14.3 Å². The van der Waals surface area contributed by atoms with Crippen molar-refractivity contribution in [1.82, 2.24) is 4.81 Å². The summed E-state index contributed by atoms with van der Waals surface area (Å²) in [6.45, 7) is 5.32. The molecule has 7 heteroatoms. The third kappa shape index (κ3) is 4.54. The van der Waals surface area contributed by atoms with E-state index < -0.39 is 17.2 Å². The van der Waals surface area contributed by atoms with Gasteiger partial charge in [-0.1, -0.05) is 17.7 Å². The highest BCUT2D eigenvalue weighted by molar-refractivity contribution is 7.86. The molecule has 21 heavy (non-hydrogen) atoms. The Morgan fingerprint density at radius 1 is 1.38 bits per heavy atom. The molecule has 2 rings (SSSR count). The quantitative estimate of drug-likeness (QED) is 0.660. The van der Waals surface area contributed by atoms with Crippen molar-refractivity contribution < 1.29 is 17.6 Å². The topological polar surface area (TPSA) is 66.8 Å². The van der Waals surface area contributed by atoms with Gasteiger partial charge in [-0.3, -0.25) is 4.18 Å². The van der Waals surface area contributed by atoms with Gasteiger partial charge in [-0.25, -0.2) is 0 Å². The Morgan fingerprint density at radius 3 is 2.67 bits per heavy atom. The Morgan fingerprint density at radius 2 is 2.05 bits per heavy atom. The minimum Gasteiger partial charge on any atom is -0.437 e. The van der Waals surface area contributed by atoms with Crippen molar-refractivity contribution in [3.05, 3.63) is 29.8 Å². The molecule has 1 N–H and O–H groups in total. The smallest absolute Gasteiger partial charge is 0.376 e. The van der Waals surface area contributed by atoms with Crippen LogP contribution in [0.5, 0.6) is 0 Å². The zero-order valence-electron chi connectivity index (χ0n) is 12.5. The van der Waals surface area contributed by atoms with Crippen LogP contribution < -0.4 is 0 Å². The van der Waals surface area contributed by atoms with E-state index in [9.17, 15) is 13.4 Å². The molecule has 0 radical (unpaired) electrons. The Kier molecular flexibility index (Phi) is 5.43. The van der Waals surface area contributed by atoms with Crippen molar-refractivity contribution in [2.45, 2.75) is 31.5 Å². The molecule has 0 amide bonds. The molecule has 0 saturated carbocycles. The number of rotatable bonds is 5. The predicted molar refractivity (Wildman–Crippen MR) is 82.5 cm³/mol. The van der Waals surface area contributed by atoms with Gasteiger partial charge in [0.25, 0.3) is 10.1 Å². The number of hydrogen-bond donors (Lipinski definition) is 1. The fraction of sp³-hybridized carbons (Fsp3) is 0.571.